The molecule has 2 amide bonds. The molecule has 0 saturated heterocycles. The third-order valence-corrected chi connectivity index (χ3v) is 3.79. The highest BCUT2D eigenvalue weighted by molar-refractivity contribution is 5.86. The van der Waals surface area contributed by atoms with Crippen LogP contribution in [0.4, 0.5) is 4.79 Å². The van der Waals surface area contributed by atoms with Crippen LogP contribution < -0.4 is 10.6 Å². The number of carbonyl (C=O) groups is 2. The maximum atomic E-state index is 11.8. The molecule has 1 fully saturated rings. The molecule has 0 aromatic heterocycles. The number of carboxylic acids is 1. The van der Waals surface area contributed by atoms with Gasteiger partial charge in [-0.25, -0.2) is 9.59 Å². The minimum absolute atomic E-state index is 0.347. The minimum Gasteiger partial charge on any atom is -0.480 e. The van der Waals surface area contributed by atoms with Crippen LogP contribution in [0.3, 0.4) is 0 Å². The van der Waals surface area contributed by atoms with Gasteiger partial charge in [-0.3, -0.25) is 0 Å². The molecule has 0 radical (unpaired) electrons. The fraction of sp³-hybridized carbons (Fsp3) is 0.857. The lowest BCUT2D eigenvalue weighted by Gasteiger charge is -2.29. The van der Waals surface area contributed by atoms with Gasteiger partial charge in [0.15, 0.2) is 0 Å². The van der Waals surface area contributed by atoms with Gasteiger partial charge in [0.25, 0.3) is 0 Å². The summed E-state index contributed by atoms with van der Waals surface area (Å²) in [5.41, 5.74) is -1.06. The van der Waals surface area contributed by atoms with Crippen LogP contribution in [-0.2, 0) is 4.79 Å². The van der Waals surface area contributed by atoms with Crippen molar-refractivity contribution >= 4 is 12.0 Å². The van der Waals surface area contributed by atoms with Crippen molar-refractivity contribution in [1.29, 1.82) is 0 Å². The van der Waals surface area contributed by atoms with E-state index in [4.69, 9.17) is 0 Å². The van der Waals surface area contributed by atoms with E-state index < -0.39 is 11.5 Å². The van der Waals surface area contributed by atoms with Gasteiger partial charge in [-0.15, -0.1) is 0 Å². The zero-order chi connectivity index (χ0) is 14.1. The van der Waals surface area contributed by atoms with Crippen LogP contribution in [0.15, 0.2) is 0 Å². The van der Waals surface area contributed by atoms with E-state index in [-0.39, 0.29) is 6.03 Å². The van der Waals surface area contributed by atoms with Crippen molar-refractivity contribution in [2.24, 2.45) is 0 Å². The van der Waals surface area contributed by atoms with E-state index in [0.29, 0.717) is 19.4 Å². The Hall–Kier alpha value is -1.26. The average molecular weight is 270 g/mol. The molecule has 0 bridgehead atoms. The summed E-state index contributed by atoms with van der Waals surface area (Å²) in [6.07, 6.45) is 8.00. The lowest BCUT2D eigenvalue weighted by Crippen LogP contribution is -2.57. The Morgan fingerprint density at radius 3 is 2.26 bits per heavy atom. The molecule has 0 spiro atoms. The first-order valence-electron chi connectivity index (χ1n) is 7.40. The molecule has 5 heteroatoms. The number of aliphatic carboxylic acids is 1. The molecule has 0 aromatic rings. The fourth-order valence-electron chi connectivity index (χ4n) is 2.56. The summed E-state index contributed by atoms with van der Waals surface area (Å²) in [6.45, 7) is 2.71. The fourth-order valence-corrected chi connectivity index (χ4v) is 2.56. The quantitative estimate of drug-likeness (QED) is 0.513. The topological polar surface area (TPSA) is 78.4 Å². The number of nitrogens with one attached hydrogen (secondary N) is 2. The van der Waals surface area contributed by atoms with Crippen LogP contribution in [0.5, 0.6) is 0 Å². The molecule has 1 saturated carbocycles. The number of hydrogen-bond donors (Lipinski definition) is 3. The first-order chi connectivity index (χ1) is 9.10. The first kappa shape index (κ1) is 15.8. The maximum Gasteiger partial charge on any atom is 0.329 e. The van der Waals surface area contributed by atoms with Gasteiger partial charge < -0.3 is 15.7 Å². The summed E-state index contributed by atoms with van der Waals surface area (Å²) >= 11 is 0. The molecule has 0 aromatic carbocycles. The highest BCUT2D eigenvalue weighted by Gasteiger charge is 2.39. The largest absolute Gasteiger partial charge is 0.480 e. The van der Waals surface area contributed by atoms with E-state index >= 15 is 0 Å². The summed E-state index contributed by atoms with van der Waals surface area (Å²) in [7, 11) is 0. The summed E-state index contributed by atoms with van der Waals surface area (Å²) in [5.74, 6) is -0.905. The van der Waals surface area contributed by atoms with E-state index in [0.717, 1.165) is 44.9 Å². The zero-order valence-corrected chi connectivity index (χ0v) is 11.8. The maximum absolute atomic E-state index is 11.8. The van der Waals surface area contributed by atoms with Crippen molar-refractivity contribution in [2.75, 3.05) is 6.54 Å². The molecule has 0 unspecified atom stereocenters. The van der Waals surface area contributed by atoms with Crippen LogP contribution in [-0.4, -0.2) is 29.2 Å². The first-order valence-corrected chi connectivity index (χ1v) is 7.40. The summed E-state index contributed by atoms with van der Waals surface area (Å²) in [5, 5.41) is 14.9. The minimum atomic E-state index is -1.06. The predicted octanol–water partition coefficient (Wildman–Crippen LogP) is 2.65. The van der Waals surface area contributed by atoms with Crippen LogP contribution in [0.2, 0.25) is 0 Å². The third-order valence-electron chi connectivity index (χ3n) is 3.79. The van der Waals surface area contributed by atoms with E-state index in [9.17, 15) is 14.7 Å². The SMILES string of the molecule is CCCCCNC(=O)NC1(C(=O)O)CCCCCC1. The van der Waals surface area contributed by atoms with Gasteiger partial charge in [0.05, 0.1) is 0 Å². The predicted molar refractivity (Wildman–Crippen MR) is 74.1 cm³/mol. The summed E-state index contributed by atoms with van der Waals surface area (Å²) in [6, 6.07) is -0.347. The van der Waals surface area contributed by atoms with E-state index in [1.165, 1.54) is 0 Å². The Labute approximate surface area is 115 Å². The van der Waals surface area contributed by atoms with Crippen molar-refractivity contribution in [2.45, 2.75) is 70.3 Å². The molecule has 0 heterocycles. The standard InChI is InChI=1S/C14H26N2O3/c1-2-3-8-11-15-13(19)16-14(12(17)18)9-6-4-5-7-10-14/h2-11H2,1H3,(H,17,18)(H2,15,16,19). The Kier molecular flexibility index (Phi) is 6.67. The molecule has 5 nitrogen and oxygen atoms in total. The second kappa shape index (κ2) is 8.02. The smallest absolute Gasteiger partial charge is 0.329 e. The Bertz CT molecular complexity index is 297. The molecular weight excluding hydrogens is 244 g/mol. The van der Waals surface area contributed by atoms with Crippen molar-refractivity contribution < 1.29 is 14.7 Å². The zero-order valence-electron chi connectivity index (χ0n) is 11.8. The van der Waals surface area contributed by atoms with Crippen LogP contribution in [0.1, 0.15) is 64.7 Å². The highest BCUT2D eigenvalue weighted by atomic mass is 16.4. The monoisotopic (exact) mass is 270 g/mol. The Balaban J connectivity index is 2.48. The van der Waals surface area contributed by atoms with Gasteiger partial charge in [-0.1, -0.05) is 45.4 Å². The number of carboxylic acid groups (broad SMARTS) is 1. The van der Waals surface area contributed by atoms with Gasteiger partial charge in [0.1, 0.15) is 5.54 Å². The summed E-state index contributed by atoms with van der Waals surface area (Å²) < 4.78 is 0. The Morgan fingerprint density at radius 1 is 1.11 bits per heavy atom. The van der Waals surface area contributed by atoms with Crippen molar-refractivity contribution in [1.82, 2.24) is 10.6 Å². The molecular formula is C14H26N2O3. The van der Waals surface area contributed by atoms with Gasteiger partial charge >= 0.3 is 12.0 Å². The molecule has 1 aliphatic carbocycles. The number of urea groups is 1. The molecule has 3 N–H and O–H groups in total. The van der Waals surface area contributed by atoms with E-state index in [1.54, 1.807) is 0 Å². The van der Waals surface area contributed by atoms with Crippen molar-refractivity contribution in [3.63, 3.8) is 0 Å². The van der Waals surface area contributed by atoms with E-state index in [1.807, 2.05) is 0 Å². The molecule has 0 aliphatic heterocycles. The number of unbranched alkanes of at least 4 members (excludes halogenated alkanes) is 2. The molecule has 0 atom stereocenters. The van der Waals surface area contributed by atoms with Crippen LogP contribution >= 0.6 is 0 Å². The highest BCUT2D eigenvalue weighted by Crippen LogP contribution is 2.27. The number of carbonyl (C=O) groups excluding carboxylic acids is 1. The van der Waals surface area contributed by atoms with Crippen molar-refractivity contribution in [3.8, 4) is 0 Å². The second-order valence-corrected chi connectivity index (χ2v) is 5.39. The van der Waals surface area contributed by atoms with Crippen LogP contribution in [0, 0.1) is 0 Å². The number of rotatable bonds is 6. The van der Waals surface area contributed by atoms with Gasteiger partial charge in [-0.05, 0) is 19.3 Å². The second-order valence-electron chi connectivity index (χ2n) is 5.39. The lowest BCUT2D eigenvalue weighted by atomic mass is 9.90. The Morgan fingerprint density at radius 2 is 1.74 bits per heavy atom. The van der Waals surface area contributed by atoms with Crippen LogP contribution in [0.25, 0.3) is 0 Å². The molecule has 110 valence electrons. The average Bonchev–Trinajstić information content (AvgIpc) is 2.61. The number of amides is 2. The molecule has 1 rings (SSSR count). The number of hydrogen-bond acceptors (Lipinski definition) is 2. The van der Waals surface area contributed by atoms with E-state index in [2.05, 4.69) is 17.6 Å². The third kappa shape index (κ3) is 5.09. The summed E-state index contributed by atoms with van der Waals surface area (Å²) in [4.78, 5) is 23.3. The van der Waals surface area contributed by atoms with Crippen molar-refractivity contribution in [3.05, 3.63) is 0 Å². The molecule has 1 aliphatic rings. The van der Waals surface area contributed by atoms with Gasteiger partial charge in [0, 0.05) is 6.54 Å². The van der Waals surface area contributed by atoms with Gasteiger partial charge in [-0.2, -0.15) is 0 Å². The normalized spacial score (nSPS) is 18.4. The lowest BCUT2D eigenvalue weighted by molar-refractivity contribution is -0.145. The van der Waals surface area contributed by atoms with Gasteiger partial charge in [0.2, 0.25) is 0 Å². The molecule has 19 heavy (non-hydrogen) atoms.